The lowest BCUT2D eigenvalue weighted by Crippen LogP contribution is -1.96. The van der Waals surface area contributed by atoms with Crippen molar-refractivity contribution in [3.05, 3.63) is 194 Å². The van der Waals surface area contributed by atoms with Gasteiger partial charge < -0.3 is 8.83 Å². The molecule has 0 spiro atoms. The first-order valence-electron chi connectivity index (χ1n) is 18.8. The van der Waals surface area contributed by atoms with Gasteiger partial charge in [-0.3, -0.25) is 0 Å². The summed E-state index contributed by atoms with van der Waals surface area (Å²) in [4.78, 5) is 10.4. The maximum Gasteiger partial charge on any atom is 0.160 e. The molecule has 0 aliphatic rings. The van der Waals surface area contributed by atoms with Gasteiger partial charge in [0.1, 0.15) is 22.3 Å². The van der Waals surface area contributed by atoms with Crippen LogP contribution in [0.5, 0.6) is 0 Å². The van der Waals surface area contributed by atoms with E-state index in [1.165, 1.54) is 0 Å². The van der Waals surface area contributed by atoms with E-state index >= 15 is 0 Å². The monoisotopic (exact) mass is 716 g/mol. The zero-order valence-corrected chi connectivity index (χ0v) is 30.2. The first-order chi connectivity index (χ1) is 27.7. The molecule has 0 unspecified atom stereocenters. The molecule has 0 amide bonds. The Kier molecular flexibility index (Phi) is 7.46. The molecular weight excluding hydrogens is 685 g/mol. The van der Waals surface area contributed by atoms with Crippen molar-refractivity contribution in [2.75, 3.05) is 0 Å². The van der Waals surface area contributed by atoms with Crippen LogP contribution in [0.25, 0.3) is 111 Å². The standard InChI is InChI=1S/C52H32N2O2/c1-4-14-33(15-5-1)37-28-38(30-39(29-37)52-53-46(34-16-6-2-7-17-34)32-47(54-52)35-18-8-3-9-19-35)36-26-27-41-43-22-13-24-45(51(43)56-49(41)31-36)44-23-12-21-42-40-20-10-11-25-48(40)55-50(42)44/h1-32H. The van der Waals surface area contributed by atoms with Crippen LogP contribution in [0.4, 0.5) is 0 Å². The summed E-state index contributed by atoms with van der Waals surface area (Å²) in [5.41, 5.74) is 14.5. The molecule has 0 radical (unpaired) electrons. The zero-order valence-electron chi connectivity index (χ0n) is 30.2. The first-order valence-corrected chi connectivity index (χ1v) is 18.8. The largest absolute Gasteiger partial charge is 0.455 e. The van der Waals surface area contributed by atoms with Gasteiger partial charge >= 0.3 is 0 Å². The number of furan rings is 2. The van der Waals surface area contributed by atoms with E-state index in [1.54, 1.807) is 0 Å². The van der Waals surface area contributed by atoms with E-state index in [-0.39, 0.29) is 0 Å². The summed E-state index contributed by atoms with van der Waals surface area (Å²) in [6, 6.07) is 67.2. The third-order valence-electron chi connectivity index (χ3n) is 10.7. The van der Waals surface area contributed by atoms with Gasteiger partial charge in [-0.1, -0.05) is 152 Å². The molecule has 262 valence electrons. The van der Waals surface area contributed by atoms with Crippen LogP contribution < -0.4 is 0 Å². The van der Waals surface area contributed by atoms with E-state index in [1.807, 2.05) is 54.6 Å². The highest BCUT2D eigenvalue weighted by Gasteiger charge is 2.19. The number of nitrogens with zero attached hydrogens (tertiary/aromatic N) is 2. The summed E-state index contributed by atoms with van der Waals surface area (Å²) in [5, 5.41) is 4.33. The number of hydrogen-bond donors (Lipinski definition) is 0. The Bertz CT molecular complexity index is 3180. The summed E-state index contributed by atoms with van der Waals surface area (Å²) in [5.74, 6) is 0.665. The Morgan fingerprint density at radius 2 is 0.768 bits per heavy atom. The van der Waals surface area contributed by atoms with Crippen molar-refractivity contribution < 1.29 is 8.83 Å². The molecule has 0 bridgehead atoms. The van der Waals surface area contributed by atoms with Gasteiger partial charge in [-0.25, -0.2) is 9.97 Å². The van der Waals surface area contributed by atoms with E-state index < -0.39 is 0 Å². The lowest BCUT2D eigenvalue weighted by atomic mass is 9.95. The molecule has 3 aromatic heterocycles. The summed E-state index contributed by atoms with van der Waals surface area (Å²) in [6.07, 6.45) is 0. The minimum absolute atomic E-state index is 0.665. The van der Waals surface area contributed by atoms with Gasteiger partial charge in [0.15, 0.2) is 5.82 Å². The molecule has 0 atom stereocenters. The van der Waals surface area contributed by atoms with Crippen molar-refractivity contribution >= 4 is 43.9 Å². The number of fused-ring (bicyclic) bond motifs is 6. The van der Waals surface area contributed by atoms with E-state index in [0.29, 0.717) is 5.82 Å². The van der Waals surface area contributed by atoms with Crippen molar-refractivity contribution in [3.8, 4) is 67.3 Å². The molecule has 3 heterocycles. The van der Waals surface area contributed by atoms with Gasteiger partial charge in [0.25, 0.3) is 0 Å². The molecular formula is C52H32N2O2. The third kappa shape index (κ3) is 5.47. The number of para-hydroxylation sites is 3. The smallest absolute Gasteiger partial charge is 0.160 e. The van der Waals surface area contributed by atoms with E-state index in [9.17, 15) is 0 Å². The average Bonchev–Trinajstić information content (AvgIpc) is 3.85. The SMILES string of the molecule is c1ccc(-c2cc(-c3ccc4c(c3)oc3c(-c5cccc6c5oc5ccccc56)cccc34)cc(-c3nc(-c4ccccc4)cc(-c4ccccc4)n3)c2)cc1. The van der Waals surface area contributed by atoms with Crippen LogP contribution in [0.2, 0.25) is 0 Å². The van der Waals surface area contributed by atoms with Crippen LogP contribution in [-0.2, 0) is 0 Å². The van der Waals surface area contributed by atoms with E-state index in [2.05, 4.69) is 140 Å². The molecule has 11 rings (SSSR count). The van der Waals surface area contributed by atoms with Gasteiger partial charge in [0.05, 0.1) is 11.4 Å². The second-order valence-electron chi connectivity index (χ2n) is 14.1. The number of hydrogen-bond acceptors (Lipinski definition) is 4. The number of rotatable bonds is 6. The van der Waals surface area contributed by atoms with Crippen LogP contribution in [0.15, 0.2) is 203 Å². The van der Waals surface area contributed by atoms with Gasteiger partial charge in [-0.15, -0.1) is 0 Å². The van der Waals surface area contributed by atoms with Crippen molar-refractivity contribution in [3.63, 3.8) is 0 Å². The molecule has 8 aromatic carbocycles. The molecule has 0 aliphatic carbocycles. The van der Waals surface area contributed by atoms with Crippen molar-refractivity contribution in [1.29, 1.82) is 0 Å². The lowest BCUT2D eigenvalue weighted by molar-refractivity contribution is 0.665. The fraction of sp³-hybridized carbons (Fsp3) is 0. The predicted molar refractivity (Wildman–Crippen MR) is 229 cm³/mol. The minimum atomic E-state index is 0.665. The van der Waals surface area contributed by atoms with Crippen LogP contribution in [0.3, 0.4) is 0 Å². The van der Waals surface area contributed by atoms with Crippen LogP contribution in [0, 0.1) is 0 Å². The molecule has 56 heavy (non-hydrogen) atoms. The van der Waals surface area contributed by atoms with Crippen molar-refractivity contribution in [1.82, 2.24) is 9.97 Å². The molecule has 4 heteroatoms. The molecule has 4 nitrogen and oxygen atoms in total. The summed E-state index contributed by atoms with van der Waals surface area (Å²) >= 11 is 0. The normalized spacial score (nSPS) is 11.6. The Labute approximate surface area is 323 Å². The first kappa shape index (κ1) is 31.9. The Hall–Kier alpha value is -7.56. The van der Waals surface area contributed by atoms with Crippen LogP contribution >= 0.6 is 0 Å². The van der Waals surface area contributed by atoms with Gasteiger partial charge in [-0.05, 0) is 64.7 Å². The molecule has 0 N–H and O–H groups in total. The molecule has 0 saturated heterocycles. The van der Waals surface area contributed by atoms with Gasteiger partial charge in [0, 0.05) is 49.4 Å². The molecule has 11 aromatic rings. The average molecular weight is 717 g/mol. The summed E-state index contributed by atoms with van der Waals surface area (Å²) in [7, 11) is 0. The quantitative estimate of drug-likeness (QED) is 0.172. The highest BCUT2D eigenvalue weighted by atomic mass is 16.3. The van der Waals surface area contributed by atoms with Crippen LogP contribution in [0.1, 0.15) is 0 Å². The lowest BCUT2D eigenvalue weighted by Gasteiger charge is -2.13. The second kappa shape index (κ2) is 13.1. The topological polar surface area (TPSA) is 52.1 Å². The molecule has 0 aliphatic heterocycles. The number of benzene rings is 8. The maximum atomic E-state index is 6.82. The van der Waals surface area contributed by atoms with Crippen molar-refractivity contribution in [2.24, 2.45) is 0 Å². The predicted octanol–water partition coefficient (Wildman–Crippen LogP) is 14.3. The van der Waals surface area contributed by atoms with Gasteiger partial charge in [-0.2, -0.15) is 0 Å². The Morgan fingerprint density at radius 1 is 0.286 bits per heavy atom. The Morgan fingerprint density at radius 3 is 1.39 bits per heavy atom. The minimum Gasteiger partial charge on any atom is -0.455 e. The van der Waals surface area contributed by atoms with Crippen molar-refractivity contribution in [2.45, 2.75) is 0 Å². The van der Waals surface area contributed by atoms with Gasteiger partial charge in [0.2, 0.25) is 0 Å². The Balaban J connectivity index is 1.08. The van der Waals surface area contributed by atoms with Crippen LogP contribution in [-0.4, -0.2) is 9.97 Å². The zero-order chi connectivity index (χ0) is 37.0. The fourth-order valence-electron chi connectivity index (χ4n) is 7.96. The summed E-state index contributed by atoms with van der Waals surface area (Å²) < 4.78 is 13.3. The van der Waals surface area contributed by atoms with E-state index in [0.717, 1.165) is 105 Å². The third-order valence-corrected chi connectivity index (χ3v) is 10.7. The number of aromatic nitrogens is 2. The van der Waals surface area contributed by atoms with E-state index in [4.69, 9.17) is 18.8 Å². The summed E-state index contributed by atoms with van der Waals surface area (Å²) in [6.45, 7) is 0. The maximum absolute atomic E-state index is 6.82. The second-order valence-corrected chi connectivity index (χ2v) is 14.1. The highest BCUT2D eigenvalue weighted by Crippen LogP contribution is 2.42. The molecule has 0 saturated carbocycles. The highest BCUT2D eigenvalue weighted by molar-refractivity contribution is 6.15. The molecule has 0 fully saturated rings. The fourth-order valence-corrected chi connectivity index (χ4v) is 7.96.